The van der Waals surface area contributed by atoms with Crippen LogP contribution in [0.15, 0.2) is 59.5 Å². The van der Waals surface area contributed by atoms with Crippen LogP contribution < -0.4 is 23.8 Å². The molecule has 0 aliphatic carbocycles. The molecule has 1 heterocycles. The van der Waals surface area contributed by atoms with Gasteiger partial charge in [0.05, 0.1) is 35.5 Å². The lowest BCUT2D eigenvalue weighted by Gasteiger charge is -2.20. The number of ether oxygens (including phenoxy) is 3. The van der Waals surface area contributed by atoms with E-state index >= 15 is 0 Å². The summed E-state index contributed by atoms with van der Waals surface area (Å²) >= 11 is 6.10. The number of rotatable bonds is 8. The summed E-state index contributed by atoms with van der Waals surface area (Å²) in [5.41, 5.74) is 2.69. The normalized spacial score (nSPS) is 12.7. The third-order valence-electron chi connectivity index (χ3n) is 5.69. The molecule has 1 N–H and O–H groups in total. The molecule has 8 nitrogen and oxygen atoms in total. The summed E-state index contributed by atoms with van der Waals surface area (Å²) in [5.74, 6) is 0.731. The van der Waals surface area contributed by atoms with Crippen molar-refractivity contribution < 1.29 is 27.4 Å². The fraction of sp³-hybridized carbons (Fsp3) is 0.240. The van der Waals surface area contributed by atoms with Gasteiger partial charge in [-0.2, -0.15) is 0 Å². The summed E-state index contributed by atoms with van der Waals surface area (Å²) in [7, 11) is -0.787. The van der Waals surface area contributed by atoms with Crippen molar-refractivity contribution in [1.82, 2.24) is 0 Å². The molecule has 35 heavy (non-hydrogen) atoms. The number of nitrogens with zero attached hydrogens (tertiary/aromatic N) is 1. The number of carbonyl (C=O) groups is 1. The highest BCUT2D eigenvalue weighted by Gasteiger charge is 2.30. The average Bonchev–Trinajstić information content (AvgIpc) is 3.29. The van der Waals surface area contributed by atoms with Gasteiger partial charge in [0.2, 0.25) is 0 Å². The summed E-state index contributed by atoms with van der Waals surface area (Å²) in [4.78, 5) is 12.7. The van der Waals surface area contributed by atoms with Gasteiger partial charge in [0.15, 0.2) is 6.61 Å². The predicted octanol–water partition coefficient (Wildman–Crippen LogP) is 4.43. The molecule has 4 rings (SSSR count). The molecule has 1 aliphatic rings. The second kappa shape index (κ2) is 10.1. The van der Waals surface area contributed by atoms with Crippen molar-refractivity contribution in [3.8, 4) is 17.2 Å². The number of methoxy groups -OCH3 is 2. The molecule has 0 aromatic heterocycles. The number of amides is 1. The number of nitrogens with one attached hydrogen (secondary N) is 1. The van der Waals surface area contributed by atoms with Gasteiger partial charge in [-0.3, -0.25) is 9.10 Å². The fourth-order valence-corrected chi connectivity index (χ4v) is 5.74. The molecule has 0 saturated carbocycles. The number of carbonyl (C=O) groups excluding carboxylic acids is 1. The van der Waals surface area contributed by atoms with Gasteiger partial charge in [0, 0.05) is 18.7 Å². The lowest BCUT2D eigenvalue weighted by atomic mass is 10.2. The third kappa shape index (κ3) is 5.01. The molecule has 0 unspecified atom stereocenters. The number of para-hydroxylation sites is 1. The van der Waals surface area contributed by atoms with Crippen LogP contribution in [0.1, 0.15) is 11.1 Å². The van der Waals surface area contributed by atoms with Crippen LogP contribution in [-0.4, -0.2) is 41.7 Å². The van der Waals surface area contributed by atoms with Crippen molar-refractivity contribution in [3.05, 3.63) is 70.7 Å². The van der Waals surface area contributed by atoms with Crippen LogP contribution >= 0.6 is 11.6 Å². The van der Waals surface area contributed by atoms with E-state index in [1.54, 1.807) is 31.2 Å². The van der Waals surface area contributed by atoms with Crippen LogP contribution in [0.25, 0.3) is 0 Å². The van der Waals surface area contributed by atoms with Crippen molar-refractivity contribution in [2.24, 2.45) is 0 Å². The van der Waals surface area contributed by atoms with Gasteiger partial charge in [-0.15, -0.1) is 0 Å². The van der Waals surface area contributed by atoms with Gasteiger partial charge < -0.3 is 19.5 Å². The highest BCUT2D eigenvalue weighted by Crippen LogP contribution is 2.36. The smallest absolute Gasteiger partial charge is 0.264 e. The van der Waals surface area contributed by atoms with Gasteiger partial charge in [0.25, 0.3) is 15.9 Å². The third-order valence-corrected chi connectivity index (χ3v) is 7.79. The Morgan fingerprint density at radius 3 is 2.49 bits per heavy atom. The SMILES string of the molecule is COc1cc(NC(=O)COc2ccc(S(=O)(=O)N3CCc4ccccc43)cc2C)c(OC)cc1Cl. The number of sulfonamides is 1. The van der Waals surface area contributed by atoms with Gasteiger partial charge in [-0.05, 0) is 48.7 Å². The first-order valence-electron chi connectivity index (χ1n) is 10.8. The van der Waals surface area contributed by atoms with Crippen LogP contribution in [0, 0.1) is 6.92 Å². The first-order valence-corrected chi connectivity index (χ1v) is 12.6. The highest BCUT2D eigenvalue weighted by atomic mass is 35.5. The van der Waals surface area contributed by atoms with Gasteiger partial charge in [-0.25, -0.2) is 8.42 Å². The second-order valence-corrected chi connectivity index (χ2v) is 10.2. The minimum Gasteiger partial charge on any atom is -0.495 e. The quantitative estimate of drug-likeness (QED) is 0.476. The molecule has 0 saturated heterocycles. The molecule has 0 spiro atoms. The van der Waals surface area contributed by atoms with E-state index in [9.17, 15) is 13.2 Å². The van der Waals surface area contributed by atoms with Crippen LogP contribution in [0.5, 0.6) is 17.2 Å². The minimum atomic E-state index is -3.72. The summed E-state index contributed by atoms with van der Waals surface area (Å²) in [6, 6.07) is 15.2. The molecule has 0 bridgehead atoms. The van der Waals surface area contributed by atoms with Crippen molar-refractivity contribution in [2.75, 3.05) is 37.0 Å². The molecule has 0 radical (unpaired) electrons. The number of anilines is 2. The van der Waals surface area contributed by atoms with Crippen molar-refractivity contribution in [1.29, 1.82) is 0 Å². The van der Waals surface area contributed by atoms with Crippen molar-refractivity contribution in [2.45, 2.75) is 18.2 Å². The summed E-state index contributed by atoms with van der Waals surface area (Å²) < 4.78 is 44.0. The minimum absolute atomic E-state index is 0.168. The molecular weight excluding hydrogens is 492 g/mol. The molecule has 0 fully saturated rings. The largest absolute Gasteiger partial charge is 0.495 e. The van der Waals surface area contributed by atoms with Gasteiger partial charge in [0.1, 0.15) is 17.2 Å². The number of halogens is 1. The molecule has 184 valence electrons. The second-order valence-electron chi connectivity index (χ2n) is 7.91. The molecule has 1 aliphatic heterocycles. The first-order chi connectivity index (χ1) is 16.7. The zero-order chi connectivity index (χ0) is 25.2. The summed E-state index contributed by atoms with van der Waals surface area (Å²) in [6.45, 7) is 1.84. The number of aryl methyl sites for hydroxylation is 1. The standard InChI is InChI=1S/C25H25ClN2O6S/c1-16-12-18(35(30,31)28-11-10-17-6-4-5-7-21(17)28)8-9-22(16)34-15-25(29)27-20-14-23(32-2)19(26)13-24(20)33-3/h4-9,12-14H,10-11,15H2,1-3H3,(H,27,29). The van der Waals surface area contributed by atoms with Gasteiger partial charge >= 0.3 is 0 Å². The fourth-order valence-electron chi connectivity index (χ4n) is 3.92. The lowest BCUT2D eigenvalue weighted by molar-refractivity contribution is -0.118. The number of benzene rings is 3. The molecular formula is C25H25ClN2O6S. The summed E-state index contributed by atoms with van der Waals surface area (Å²) in [6.07, 6.45) is 0.676. The number of fused-ring (bicyclic) bond motifs is 1. The molecule has 3 aromatic carbocycles. The maximum Gasteiger partial charge on any atom is 0.264 e. The van der Waals surface area contributed by atoms with Crippen LogP contribution in [0.3, 0.4) is 0 Å². The van der Waals surface area contributed by atoms with Crippen LogP contribution in [0.2, 0.25) is 5.02 Å². The maximum atomic E-state index is 13.3. The monoisotopic (exact) mass is 516 g/mol. The Kier molecular flexibility index (Phi) is 7.09. The van der Waals surface area contributed by atoms with E-state index in [0.717, 1.165) is 5.56 Å². The van der Waals surface area contributed by atoms with Crippen molar-refractivity contribution in [3.63, 3.8) is 0 Å². The Morgan fingerprint density at radius 2 is 1.77 bits per heavy atom. The zero-order valence-corrected chi connectivity index (χ0v) is 21.1. The molecule has 1 amide bonds. The Balaban J connectivity index is 1.45. The van der Waals surface area contributed by atoms with Gasteiger partial charge in [-0.1, -0.05) is 29.8 Å². The Hall–Kier alpha value is -3.43. The maximum absolute atomic E-state index is 13.3. The van der Waals surface area contributed by atoms with Crippen LogP contribution in [0.4, 0.5) is 11.4 Å². The van der Waals surface area contributed by atoms with Crippen LogP contribution in [-0.2, 0) is 21.2 Å². The molecule has 10 heteroatoms. The predicted molar refractivity (Wildman–Crippen MR) is 135 cm³/mol. The zero-order valence-electron chi connectivity index (χ0n) is 19.5. The number of hydrogen-bond acceptors (Lipinski definition) is 6. The molecule has 0 atom stereocenters. The topological polar surface area (TPSA) is 94.2 Å². The Bertz CT molecular complexity index is 1380. The first kappa shape index (κ1) is 24.7. The summed E-state index contributed by atoms with van der Waals surface area (Å²) in [5, 5.41) is 3.05. The van der Waals surface area contributed by atoms with E-state index < -0.39 is 15.9 Å². The van der Waals surface area contributed by atoms with E-state index in [4.69, 9.17) is 25.8 Å². The molecule has 3 aromatic rings. The highest BCUT2D eigenvalue weighted by molar-refractivity contribution is 7.92. The van der Waals surface area contributed by atoms with E-state index in [1.165, 1.54) is 24.6 Å². The van der Waals surface area contributed by atoms with E-state index in [0.29, 0.717) is 52.2 Å². The lowest BCUT2D eigenvalue weighted by Crippen LogP contribution is -2.29. The Morgan fingerprint density at radius 1 is 1.03 bits per heavy atom. The Labute approximate surface area is 209 Å². The van der Waals surface area contributed by atoms with E-state index in [-0.39, 0.29) is 11.5 Å². The number of hydrogen-bond donors (Lipinski definition) is 1. The van der Waals surface area contributed by atoms with E-state index in [1.807, 2.05) is 24.3 Å². The van der Waals surface area contributed by atoms with Crippen molar-refractivity contribution >= 4 is 38.9 Å². The average molecular weight is 517 g/mol. The van der Waals surface area contributed by atoms with E-state index in [2.05, 4.69) is 5.32 Å².